The summed E-state index contributed by atoms with van der Waals surface area (Å²) in [6.45, 7) is 0. The third-order valence-electron chi connectivity index (χ3n) is 1.48. The van der Waals surface area contributed by atoms with Gasteiger partial charge in [-0.25, -0.2) is 8.78 Å². The molecule has 0 spiro atoms. The topological polar surface area (TPSA) is 79.8 Å². The van der Waals surface area contributed by atoms with Crippen LogP contribution in [0.3, 0.4) is 0 Å². The summed E-state index contributed by atoms with van der Waals surface area (Å²) >= 11 is 0. The molecular weight excluding hydrogens is 196 g/mol. The van der Waals surface area contributed by atoms with E-state index in [1.165, 1.54) is 6.07 Å². The summed E-state index contributed by atoms with van der Waals surface area (Å²) in [7, 11) is 0. The van der Waals surface area contributed by atoms with Crippen LogP contribution in [-0.4, -0.2) is 9.91 Å². The number of aromatic nitrogens is 1. The minimum absolute atomic E-state index is 0.672. The molecule has 0 saturated heterocycles. The monoisotopic (exact) mass is 199 g/mol. The van der Waals surface area contributed by atoms with Crippen molar-refractivity contribution in [3.8, 4) is 6.07 Å². The maximum Gasteiger partial charge on any atom is 0.381 e. The molecule has 0 aliphatic rings. The van der Waals surface area contributed by atoms with E-state index in [4.69, 9.17) is 5.26 Å². The molecule has 0 unspecified atom stereocenters. The van der Waals surface area contributed by atoms with Crippen molar-refractivity contribution in [1.82, 2.24) is 4.98 Å². The Morgan fingerprint density at radius 2 is 2.29 bits per heavy atom. The third-order valence-corrected chi connectivity index (χ3v) is 1.48. The molecule has 0 saturated carbocycles. The van der Waals surface area contributed by atoms with E-state index < -0.39 is 28.3 Å². The molecule has 0 radical (unpaired) electrons. The number of pyridine rings is 1. The Morgan fingerprint density at radius 3 is 2.71 bits per heavy atom. The Bertz CT molecular complexity index is 414. The molecule has 1 heterocycles. The molecule has 1 rings (SSSR count). The minimum atomic E-state index is -2.92. The Kier molecular flexibility index (Phi) is 2.67. The molecule has 1 aromatic rings. The van der Waals surface area contributed by atoms with Crippen molar-refractivity contribution in [3.05, 3.63) is 33.5 Å². The first kappa shape index (κ1) is 9.98. The fourth-order valence-corrected chi connectivity index (χ4v) is 0.900. The van der Waals surface area contributed by atoms with Crippen LogP contribution in [-0.2, 0) is 0 Å². The van der Waals surface area contributed by atoms with Gasteiger partial charge in [-0.15, -0.1) is 0 Å². The fourth-order valence-electron chi connectivity index (χ4n) is 0.900. The van der Waals surface area contributed by atoms with Gasteiger partial charge in [-0.05, 0) is 16.0 Å². The number of nitro groups is 1. The predicted molar refractivity (Wildman–Crippen MR) is 40.6 cm³/mol. The Labute approximate surface area is 76.8 Å². The molecule has 72 valence electrons. The van der Waals surface area contributed by atoms with Gasteiger partial charge in [0, 0.05) is 5.56 Å². The number of nitriles is 1. The van der Waals surface area contributed by atoms with E-state index in [-0.39, 0.29) is 0 Å². The average Bonchev–Trinajstić information content (AvgIpc) is 2.16. The highest BCUT2D eigenvalue weighted by Crippen LogP contribution is 2.26. The van der Waals surface area contributed by atoms with Crippen molar-refractivity contribution in [2.45, 2.75) is 6.43 Å². The smallest absolute Gasteiger partial charge is 0.358 e. The molecule has 0 fully saturated rings. The number of rotatable bonds is 2. The Hall–Kier alpha value is -2.10. The van der Waals surface area contributed by atoms with Crippen molar-refractivity contribution in [2.75, 3.05) is 0 Å². The summed E-state index contributed by atoms with van der Waals surface area (Å²) in [6.07, 6.45) is -2.05. The van der Waals surface area contributed by atoms with Gasteiger partial charge >= 0.3 is 5.82 Å². The summed E-state index contributed by atoms with van der Waals surface area (Å²) in [5.74, 6) is -0.842. The van der Waals surface area contributed by atoms with Crippen molar-refractivity contribution >= 4 is 5.82 Å². The lowest BCUT2D eigenvalue weighted by Crippen LogP contribution is -2.00. The fraction of sp³-hybridized carbons (Fsp3) is 0.143. The number of hydrogen-bond donors (Lipinski definition) is 0. The van der Waals surface area contributed by atoms with Crippen molar-refractivity contribution in [1.29, 1.82) is 5.26 Å². The number of halogens is 2. The van der Waals surface area contributed by atoms with E-state index in [1.54, 1.807) is 0 Å². The number of hydrogen-bond acceptors (Lipinski definition) is 4. The SMILES string of the molecule is N#Cc1c(C(F)F)ccnc1[N+](=O)[O-]. The van der Waals surface area contributed by atoms with Gasteiger partial charge in [0.05, 0.1) is 0 Å². The van der Waals surface area contributed by atoms with Crippen LogP contribution in [0.2, 0.25) is 0 Å². The number of alkyl halides is 2. The second kappa shape index (κ2) is 3.74. The van der Waals surface area contributed by atoms with E-state index in [9.17, 15) is 18.9 Å². The first-order valence-electron chi connectivity index (χ1n) is 3.39. The summed E-state index contributed by atoms with van der Waals surface area (Å²) in [5.41, 5.74) is -1.36. The molecule has 7 heteroatoms. The molecule has 0 aromatic carbocycles. The molecule has 0 atom stereocenters. The molecule has 1 aromatic heterocycles. The molecular formula is C7H3F2N3O2. The van der Waals surface area contributed by atoms with Crippen LogP contribution < -0.4 is 0 Å². The van der Waals surface area contributed by atoms with Crippen LogP contribution in [0.5, 0.6) is 0 Å². The quantitative estimate of drug-likeness (QED) is 0.537. The highest BCUT2D eigenvalue weighted by molar-refractivity contribution is 5.48. The lowest BCUT2D eigenvalue weighted by Gasteiger charge is -2.00. The second-order valence-corrected chi connectivity index (χ2v) is 2.27. The normalized spacial score (nSPS) is 9.86. The van der Waals surface area contributed by atoms with Gasteiger partial charge in [0.1, 0.15) is 12.3 Å². The van der Waals surface area contributed by atoms with E-state index in [0.717, 1.165) is 12.3 Å². The summed E-state index contributed by atoms with van der Waals surface area (Å²) in [4.78, 5) is 12.6. The molecule has 0 N–H and O–H groups in total. The van der Waals surface area contributed by atoms with Crippen LogP contribution in [0.1, 0.15) is 17.6 Å². The summed E-state index contributed by atoms with van der Waals surface area (Å²) in [6, 6.07) is 2.23. The van der Waals surface area contributed by atoms with Gasteiger partial charge < -0.3 is 10.1 Å². The van der Waals surface area contributed by atoms with Gasteiger partial charge in [0.15, 0.2) is 5.56 Å². The van der Waals surface area contributed by atoms with Gasteiger partial charge in [-0.2, -0.15) is 5.26 Å². The maximum absolute atomic E-state index is 12.3. The van der Waals surface area contributed by atoms with E-state index >= 15 is 0 Å². The Balaban J connectivity index is 3.42. The lowest BCUT2D eigenvalue weighted by molar-refractivity contribution is -0.389. The van der Waals surface area contributed by atoms with E-state index in [2.05, 4.69) is 4.98 Å². The summed E-state index contributed by atoms with van der Waals surface area (Å²) < 4.78 is 24.5. The zero-order valence-corrected chi connectivity index (χ0v) is 6.65. The average molecular weight is 199 g/mol. The predicted octanol–water partition coefficient (Wildman–Crippen LogP) is 1.80. The Morgan fingerprint density at radius 1 is 1.64 bits per heavy atom. The molecule has 5 nitrogen and oxygen atoms in total. The largest absolute Gasteiger partial charge is 0.381 e. The standard InChI is InChI=1S/C7H3F2N3O2/c8-6(9)4-1-2-11-7(12(13)14)5(4)3-10/h1-2,6H. The zero-order valence-electron chi connectivity index (χ0n) is 6.65. The molecule has 0 bridgehead atoms. The van der Waals surface area contributed by atoms with Gasteiger partial charge in [0.25, 0.3) is 6.43 Å². The molecule has 0 aliphatic carbocycles. The molecule has 14 heavy (non-hydrogen) atoms. The highest BCUT2D eigenvalue weighted by Gasteiger charge is 2.23. The van der Waals surface area contributed by atoms with Crippen LogP contribution in [0.25, 0.3) is 0 Å². The number of nitrogens with zero attached hydrogens (tertiary/aromatic N) is 3. The van der Waals surface area contributed by atoms with E-state index in [1.807, 2.05) is 0 Å². The first-order chi connectivity index (χ1) is 6.57. The lowest BCUT2D eigenvalue weighted by atomic mass is 10.1. The molecule has 0 aliphatic heterocycles. The second-order valence-electron chi connectivity index (χ2n) is 2.27. The van der Waals surface area contributed by atoms with Crippen LogP contribution in [0, 0.1) is 21.4 Å². The van der Waals surface area contributed by atoms with Crippen LogP contribution in [0.4, 0.5) is 14.6 Å². The molecule has 0 amide bonds. The van der Waals surface area contributed by atoms with Gasteiger partial charge in [-0.3, -0.25) is 0 Å². The highest BCUT2D eigenvalue weighted by atomic mass is 19.3. The summed E-state index contributed by atoms with van der Waals surface area (Å²) in [5, 5.41) is 18.8. The van der Waals surface area contributed by atoms with Gasteiger partial charge in [0.2, 0.25) is 0 Å². The maximum atomic E-state index is 12.3. The van der Waals surface area contributed by atoms with Crippen molar-refractivity contribution in [3.63, 3.8) is 0 Å². The minimum Gasteiger partial charge on any atom is -0.358 e. The third kappa shape index (κ3) is 1.64. The zero-order chi connectivity index (χ0) is 10.7. The van der Waals surface area contributed by atoms with Gasteiger partial charge in [-0.1, -0.05) is 0 Å². The van der Waals surface area contributed by atoms with E-state index in [0.29, 0.717) is 0 Å². The van der Waals surface area contributed by atoms with Crippen molar-refractivity contribution in [2.24, 2.45) is 0 Å². The van der Waals surface area contributed by atoms with Crippen LogP contribution >= 0.6 is 0 Å². The first-order valence-corrected chi connectivity index (χ1v) is 3.39. The van der Waals surface area contributed by atoms with Crippen molar-refractivity contribution < 1.29 is 13.7 Å². The van der Waals surface area contributed by atoms with Crippen LogP contribution in [0.15, 0.2) is 12.3 Å².